The van der Waals surface area contributed by atoms with Crippen LogP contribution in [0.25, 0.3) is 0 Å². The molecule has 0 unspecified atom stereocenters. The minimum atomic E-state index is -0.496. The Hall–Kier alpha value is -0.970. The standard InChI is InChI=1S/C11H16N2O2/c14-11(10-3-1-2-4-12-10)9-13-5-7-15-8-6-13/h1-4,11,14H,5-9H2/t11-/m1/s1. The quantitative estimate of drug-likeness (QED) is 0.783. The van der Waals surface area contributed by atoms with E-state index in [2.05, 4.69) is 9.88 Å². The molecule has 82 valence electrons. The van der Waals surface area contributed by atoms with Gasteiger partial charge < -0.3 is 9.84 Å². The van der Waals surface area contributed by atoms with Crippen molar-refractivity contribution in [3.8, 4) is 0 Å². The van der Waals surface area contributed by atoms with E-state index in [0.29, 0.717) is 6.54 Å². The van der Waals surface area contributed by atoms with Crippen molar-refractivity contribution >= 4 is 0 Å². The molecule has 1 aromatic rings. The number of hydrogen-bond acceptors (Lipinski definition) is 4. The fraction of sp³-hybridized carbons (Fsp3) is 0.545. The Bertz CT molecular complexity index is 286. The Morgan fingerprint density at radius 2 is 2.20 bits per heavy atom. The van der Waals surface area contributed by atoms with Gasteiger partial charge in [-0.2, -0.15) is 0 Å². The van der Waals surface area contributed by atoms with E-state index in [1.54, 1.807) is 6.20 Å². The molecule has 0 spiro atoms. The van der Waals surface area contributed by atoms with E-state index >= 15 is 0 Å². The number of ether oxygens (including phenoxy) is 1. The summed E-state index contributed by atoms with van der Waals surface area (Å²) in [5.41, 5.74) is 0.740. The largest absolute Gasteiger partial charge is 0.385 e. The molecule has 0 amide bonds. The molecular formula is C11H16N2O2. The molecule has 0 radical (unpaired) electrons. The SMILES string of the molecule is O[C@H](CN1CCOCC1)c1ccccn1. The molecule has 0 bridgehead atoms. The lowest BCUT2D eigenvalue weighted by Crippen LogP contribution is -2.38. The molecule has 1 N–H and O–H groups in total. The molecule has 0 saturated carbocycles. The maximum absolute atomic E-state index is 9.93. The second kappa shape index (κ2) is 5.21. The highest BCUT2D eigenvalue weighted by Crippen LogP contribution is 2.11. The van der Waals surface area contributed by atoms with Crippen molar-refractivity contribution in [1.82, 2.24) is 9.88 Å². The normalized spacial score (nSPS) is 20.1. The van der Waals surface area contributed by atoms with Crippen molar-refractivity contribution in [2.75, 3.05) is 32.8 Å². The Balaban J connectivity index is 1.88. The maximum atomic E-state index is 9.93. The summed E-state index contributed by atoms with van der Waals surface area (Å²) in [6, 6.07) is 5.60. The van der Waals surface area contributed by atoms with Gasteiger partial charge >= 0.3 is 0 Å². The molecule has 1 aromatic heterocycles. The summed E-state index contributed by atoms with van der Waals surface area (Å²) < 4.78 is 5.25. The van der Waals surface area contributed by atoms with Crippen LogP contribution in [0.5, 0.6) is 0 Å². The van der Waals surface area contributed by atoms with Gasteiger partial charge in [0.2, 0.25) is 0 Å². The van der Waals surface area contributed by atoms with Crippen molar-refractivity contribution in [2.24, 2.45) is 0 Å². The molecule has 1 aliphatic heterocycles. The number of morpholine rings is 1. The highest BCUT2D eigenvalue weighted by Gasteiger charge is 2.16. The van der Waals surface area contributed by atoms with Crippen molar-refractivity contribution in [2.45, 2.75) is 6.10 Å². The average molecular weight is 208 g/mol. The molecule has 1 saturated heterocycles. The van der Waals surface area contributed by atoms with Gasteiger partial charge in [-0.15, -0.1) is 0 Å². The van der Waals surface area contributed by atoms with E-state index in [1.807, 2.05) is 18.2 Å². The summed E-state index contributed by atoms with van der Waals surface area (Å²) >= 11 is 0. The maximum Gasteiger partial charge on any atom is 0.109 e. The van der Waals surface area contributed by atoms with Gasteiger partial charge in [-0.05, 0) is 12.1 Å². The number of aliphatic hydroxyl groups excluding tert-OH is 1. The molecule has 1 fully saturated rings. The number of pyridine rings is 1. The monoisotopic (exact) mass is 208 g/mol. The number of aromatic nitrogens is 1. The van der Waals surface area contributed by atoms with E-state index in [4.69, 9.17) is 4.74 Å². The van der Waals surface area contributed by atoms with E-state index in [1.165, 1.54) is 0 Å². The molecule has 4 nitrogen and oxygen atoms in total. The number of β-amino-alcohol motifs (C(OH)–C–C–N with tert-alkyl or cyclic N) is 1. The van der Waals surface area contributed by atoms with Crippen molar-refractivity contribution in [3.63, 3.8) is 0 Å². The third kappa shape index (κ3) is 2.99. The van der Waals surface area contributed by atoms with Crippen LogP contribution in [0, 0.1) is 0 Å². The lowest BCUT2D eigenvalue weighted by molar-refractivity contribution is 0.0135. The van der Waals surface area contributed by atoms with Crippen LogP contribution in [0.1, 0.15) is 11.8 Å². The van der Waals surface area contributed by atoms with Crippen LogP contribution in [0.3, 0.4) is 0 Å². The summed E-state index contributed by atoms with van der Waals surface area (Å²) in [6.45, 7) is 3.94. The number of rotatable bonds is 3. The summed E-state index contributed by atoms with van der Waals surface area (Å²) in [7, 11) is 0. The fourth-order valence-corrected chi connectivity index (χ4v) is 1.69. The molecule has 2 heterocycles. The van der Waals surface area contributed by atoms with Gasteiger partial charge in [0.15, 0.2) is 0 Å². The Kier molecular flexibility index (Phi) is 3.66. The minimum absolute atomic E-state index is 0.496. The van der Waals surface area contributed by atoms with Gasteiger partial charge in [0.25, 0.3) is 0 Å². The predicted molar refractivity (Wildman–Crippen MR) is 56.5 cm³/mol. The Morgan fingerprint density at radius 3 is 2.87 bits per heavy atom. The van der Waals surface area contributed by atoms with E-state index < -0.39 is 6.10 Å². The van der Waals surface area contributed by atoms with Gasteiger partial charge in [0.1, 0.15) is 6.10 Å². The van der Waals surface area contributed by atoms with Crippen LogP contribution in [0.15, 0.2) is 24.4 Å². The van der Waals surface area contributed by atoms with Crippen LogP contribution in [-0.4, -0.2) is 47.8 Å². The summed E-state index contributed by atoms with van der Waals surface area (Å²) in [4.78, 5) is 6.33. The van der Waals surface area contributed by atoms with Crippen molar-refractivity contribution in [3.05, 3.63) is 30.1 Å². The molecule has 0 aromatic carbocycles. The highest BCUT2D eigenvalue weighted by atomic mass is 16.5. The molecule has 0 aliphatic carbocycles. The van der Waals surface area contributed by atoms with Crippen molar-refractivity contribution < 1.29 is 9.84 Å². The van der Waals surface area contributed by atoms with Crippen molar-refractivity contribution in [1.29, 1.82) is 0 Å². The third-order valence-corrected chi connectivity index (χ3v) is 2.56. The smallest absolute Gasteiger partial charge is 0.109 e. The highest BCUT2D eigenvalue weighted by molar-refractivity contribution is 5.06. The van der Waals surface area contributed by atoms with Crippen LogP contribution in [0.4, 0.5) is 0 Å². The van der Waals surface area contributed by atoms with E-state index in [9.17, 15) is 5.11 Å². The number of hydrogen-bond donors (Lipinski definition) is 1. The zero-order chi connectivity index (χ0) is 10.5. The summed E-state index contributed by atoms with van der Waals surface area (Å²) in [5.74, 6) is 0. The van der Waals surface area contributed by atoms with E-state index in [0.717, 1.165) is 32.0 Å². The van der Waals surface area contributed by atoms with E-state index in [-0.39, 0.29) is 0 Å². The first-order valence-corrected chi connectivity index (χ1v) is 5.25. The average Bonchev–Trinajstić information content (AvgIpc) is 2.31. The van der Waals surface area contributed by atoms with Gasteiger partial charge in [-0.1, -0.05) is 6.07 Å². The molecule has 1 aliphatic rings. The Labute approximate surface area is 89.5 Å². The molecular weight excluding hydrogens is 192 g/mol. The second-order valence-electron chi connectivity index (χ2n) is 3.68. The summed E-state index contributed by atoms with van der Waals surface area (Å²) in [5, 5.41) is 9.93. The Morgan fingerprint density at radius 1 is 1.40 bits per heavy atom. The summed E-state index contributed by atoms with van der Waals surface area (Å²) in [6.07, 6.45) is 1.21. The first kappa shape index (κ1) is 10.5. The van der Waals surface area contributed by atoms with Crippen LogP contribution >= 0.6 is 0 Å². The van der Waals surface area contributed by atoms with Gasteiger partial charge in [-0.25, -0.2) is 0 Å². The molecule has 1 atom stereocenters. The molecule has 15 heavy (non-hydrogen) atoms. The molecule has 4 heteroatoms. The van der Waals surface area contributed by atoms with Gasteiger partial charge in [0.05, 0.1) is 18.9 Å². The fourth-order valence-electron chi connectivity index (χ4n) is 1.69. The number of nitrogens with zero attached hydrogens (tertiary/aromatic N) is 2. The third-order valence-electron chi connectivity index (χ3n) is 2.56. The first-order chi connectivity index (χ1) is 7.36. The zero-order valence-corrected chi connectivity index (χ0v) is 8.67. The van der Waals surface area contributed by atoms with Crippen LogP contribution in [-0.2, 0) is 4.74 Å². The second-order valence-corrected chi connectivity index (χ2v) is 3.68. The minimum Gasteiger partial charge on any atom is -0.385 e. The lowest BCUT2D eigenvalue weighted by atomic mass is 10.2. The number of aliphatic hydroxyl groups is 1. The topological polar surface area (TPSA) is 45.6 Å². The predicted octanol–water partition coefficient (Wildman–Crippen LogP) is 0.447. The van der Waals surface area contributed by atoms with Gasteiger partial charge in [-0.3, -0.25) is 9.88 Å². The molecule has 2 rings (SSSR count). The lowest BCUT2D eigenvalue weighted by Gasteiger charge is -2.28. The van der Waals surface area contributed by atoms with Crippen LogP contribution in [0.2, 0.25) is 0 Å². The zero-order valence-electron chi connectivity index (χ0n) is 8.67. The first-order valence-electron chi connectivity index (χ1n) is 5.25. The van der Waals surface area contributed by atoms with Crippen LogP contribution < -0.4 is 0 Å². The van der Waals surface area contributed by atoms with Gasteiger partial charge in [0, 0.05) is 25.8 Å².